The van der Waals surface area contributed by atoms with E-state index in [0.29, 0.717) is 12.0 Å². The maximum atomic E-state index is 9.32. The molecule has 0 bridgehead atoms. The Kier molecular flexibility index (Phi) is 9.49. The molecule has 1 aliphatic rings. The molecule has 0 aliphatic heterocycles. The van der Waals surface area contributed by atoms with E-state index in [9.17, 15) is 5.11 Å². The van der Waals surface area contributed by atoms with Gasteiger partial charge in [0.25, 0.3) is 0 Å². The van der Waals surface area contributed by atoms with Crippen molar-refractivity contribution in [2.24, 2.45) is 5.41 Å². The number of nitrogens with zero attached hydrogens (tertiary/aromatic N) is 1. The monoisotopic (exact) mass is 284 g/mol. The number of hydrogen-bond acceptors (Lipinski definition) is 3. The summed E-state index contributed by atoms with van der Waals surface area (Å²) >= 11 is 0. The SMILES string of the molecule is CCCCN(CCO)CC1(CNCC)CCCCCC1. The Morgan fingerprint density at radius 3 is 2.30 bits per heavy atom. The van der Waals surface area contributed by atoms with Crippen LogP contribution in [0.2, 0.25) is 0 Å². The summed E-state index contributed by atoms with van der Waals surface area (Å²) in [5.74, 6) is 0. The van der Waals surface area contributed by atoms with E-state index in [1.165, 1.54) is 57.9 Å². The highest BCUT2D eigenvalue weighted by atomic mass is 16.3. The van der Waals surface area contributed by atoms with Gasteiger partial charge in [0.2, 0.25) is 0 Å². The van der Waals surface area contributed by atoms with Crippen molar-refractivity contribution in [3.8, 4) is 0 Å². The summed E-state index contributed by atoms with van der Waals surface area (Å²) in [4.78, 5) is 2.51. The van der Waals surface area contributed by atoms with Gasteiger partial charge in [0.05, 0.1) is 6.61 Å². The second-order valence-electron chi connectivity index (χ2n) is 6.55. The first-order valence-electron chi connectivity index (χ1n) is 8.80. The maximum Gasteiger partial charge on any atom is 0.0558 e. The van der Waals surface area contributed by atoms with Crippen molar-refractivity contribution in [1.29, 1.82) is 0 Å². The van der Waals surface area contributed by atoms with Crippen LogP contribution in [0.4, 0.5) is 0 Å². The molecule has 0 aromatic carbocycles. The van der Waals surface area contributed by atoms with Crippen molar-refractivity contribution in [2.45, 2.75) is 65.2 Å². The summed E-state index contributed by atoms with van der Waals surface area (Å²) < 4.78 is 0. The van der Waals surface area contributed by atoms with E-state index >= 15 is 0 Å². The predicted molar refractivity (Wildman–Crippen MR) is 87.1 cm³/mol. The number of rotatable bonds is 10. The summed E-state index contributed by atoms with van der Waals surface area (Å²) in [6.45, 7) is 10.1. The summed E-state index contributed by atoms with van der Waals surface area (Å²) in [5.41, 5.74) is 0.440. The molecule has 0 unspecified atom stereocenters. The van der Waals surface area contributed by atoms with Crippen LogP contribution in [0, 0.1) is 5.41 Å². The third kappa shape index (κ3) is 6.55. The minimum atomic E-state index is 0.293. The van der Waals surface area contributed by atoms with Gasteiger partial charge in [0.1, 0.15) is 0 Å². The van der Waals surface area contributed by atoms with Gasteiger partial charge < -0.3 is 15.3 Å². The van der Waals surface area contributed by atoms with Gasteiger partial charge in [-0.15, -0.1) is 0 Å². The second-order valence-corrected chi connectivity index (χ2v) is 6.55. The summed E-state index contributed by atoms with van der Waals surface area (Å²) in [5, 5.41) is 12.9. The van der Waals surface area contributed by atoms with E-state index in [4.69, 9.17) is 0 Å². The van der Waals surface area contributed by atoms with Crippen molar-refractivity contribution in [3.05, 3.63) is 0 Å². The smallest absolute Gasteiger partial charge is 0.0558 e. The zero-order valence-corrected chi connectivity index (χ0v) is 13.8. The van der Waals surface area contributed by atoms with Gasteiger partial charge in [-0.25, -0.2) is 0 Å². The molecule has 0 amide bonds. The molecule has 1 aliphatic carbocycles. The van der Waals surface area contributed by atoms with Crippen LogP contribution >= 0.6 is 0 Å². The molecule has 2 N–H and O–H groups in total. The Morgan fingerprint density at radius 1 is 1.05 bits per heavy atom. The lowest BCUT2D eigenvalue weighted by atomic mass is 9.79. The van der Waals surface area contributed by atoms with Gasteiger partial charge in [0.15, 0.2) is 0 Å². The number of unbranched alkanes of at least 4 members (excludes halogenated alkanes) is 1. The average Bonchev–Trinajstić information content (AvgIpc) is 2.69. The van der Waals surface area contributed by atoms with Gasteiger partial charge in [-0.3, -0.25) is 0 Å². The molecule has 0 heterocycles. The van der Waals surface area contributed by atoms with Crippen LogP contribution < -0.4 is 5.32 Å². The number of hydrogen-bond donors (Lipinski definition) is 2. The fraction of sp³-hybridized carbons (Fsp3) is 1.00. The first-order chi connectivity index (χ1) is 9.76. The van der Waals surface area contributed by atoms with Crippen LogP contribution in [0.25, 0.3) is 0 Å². The average molecular weight is 284 g/mol. The highest BCUT2D eigenvalue weighted by Gasteiger charge is 2.32. The first kappa shape index (κ1) is 17.9. The van der Waals surface area contributed by atoms with Gasteiger partial charge >= 0.3 is 0 Å². The molecule has 1 fully saturated rings. The van der Waals surface area contributed by atoms with Crippen molar-refractivity contribution in [3.63, 3.8) is 0 Å². The Labute approximate surface area is 126 Å². The number of aliphatic hydroxyl groups excluding tert-OH is 1. The van der Waals surface area contributed by atoms with Gasteiger partial charge in [-0.1, -0.05) is 46.0 Å². The summed E-state index contributed by atoms with van der Waals surface area (Å²) in [7, 11) is 0. The molecule has 0 aromatic heterocycles. The van der Waals surface area contributed by atoms with Crippen LogP contribution in [-0.2, 0) is 0 Å². The third-order valence-electron chi connectivity index (χ3n) is 4.72. The lowest BCUT2D eigenvalue weighted by Gasteiger charge is -2.38. The number of nitrogens with one attached hydrogen (secondary N) is 1. The zero-order valence-electron chi connectivity index (χ0n) is 13.8. The molecular weight excluding hydrogens is 248 g/mol. The van der Waals surface area contributed by atoms with Gasteiger partial charge in [-0.05, 0) is 37.8 Å². The molecule has 1 saturated carbocycles. The molecule has 20 heavy (non-hydrogen) atoms. The number of aliphatic hydroxyl groups is 1. The minimum absolute atomic E-state index is 0.293. The van der Waals surface area contributed by atoms with Gasteiger partial charge in [0, 0.05) is 19.6 Å². The topological polar surface area (TPSA) is 35.5 Å². The lowest BCUT2D eigenvalue weighted by Crippen LogP contribution is -2.45. The fourth-order valence-electron chi connectivity index (χ4n) is 3.53. The molecular formula is C17H36N2O. The first-order valence-corrected chi connectivity index (χ1v) is 8.80. The minimum Gasteiger partial charge on any atom is -0.395 e. The zero-order chi connectivity index (χ0) is 14.7. The van der Waals surface area contributed by atoms with Crippen molar-refractivity contribution in [1.82, 2.24) is 10.2 Å². The molecule has 0 saturated heterocycles. The van der Waals surface area contributed by atoms with E-state index in [1.807, 2.05) is 0 Å². The van der Waals surface area contributed by atoms with Crippen LogP contribution in [0.3, 0.4) is 0 Å². The molecule has 3 heteroatoms. The quantitative estimate of drug-likeness (QED) is 0.605. The Morgan fingerprint density at radius 2 is 1.75 bits per heavy atom. The van der Waals surface area contributed by atoms with Crippen molar-refractivity contribution in [2.75, 3.05) is 39.3 Å². The van der Waals surface area contributed by atoms with Crippen LogP contribution in [0.15, 0.2) is 0 Å². The van der Waals surface area contributed by atoms with E-state index in [0.717, 1.165) is 26.2 Å². The van der Waals surface area contributed by atoms with Gasteiger partial charge in [-0.2, -0.15) is 0 Å². The summed E-state index contributed by atoms with van der Waals surface area (Å²) in [6, 6.07) is 0. The molecule has 3 nitrogen and oxygen atoms in total. The van der Waals surface area contributed by atoms with E-state index < -0.39 is 0 Å². The fourth-order valence-corrected chi connectivity index (χ4v) is 3.53. The van der Waals surface area contributed by atoms with Crippen molar-refractivity contribution < 1.29 is 5.11 Å². The highest BCUT2D eigenvalue weighted by Crippen LogP contribution is 2.35. The third-order valence-corrected chi connectivity index (χ3v) is 4.72. The molecule has 0 spiro atoms. The van der Waals surface area contributed by atoms with E-state index in [1.54, 1.807) is 0 Å². The molecule has 0 radical (unpaired) electrons. The van der Waals surface area contributed by atoms with Crippen LogP contribution in [0.5, 0.6) is 0 Å². The van der Waals surface area contributed by atoms with Crippen LogP contribution in [-0.4, -0.2) is 49.3 Å². The Bertz CT molecular complexity index is 225. The largest absolute Gasteiger partial charge is 0.395 e. The molecule has 1 rings (SSSR count). The van der Waals surface area contributed by atoms with Crippen molar-refractivity contribution >= 4 is 0 Å². The van der Waals surface area contributed by atoms with E-state index in [2.05, 4.69) is 24.1 Å². The van der Waals surface area contributed by atoms with Crippen LogP contribution in [0.1, 0.15) is 65.2 Å². The maximum absolute atomic E-state index is 9.32. The predicted octanol–water partition coefficient (Wildman–Crippen LogP) is 3.03. The normalized spacial score (nSPS) is 19.2. The Hall–Kier alpha value is -0.120. The molecule has 0 aromatic rings. The highest BCUT2D eigenvalue weighted by molar-refractivity contribution is 4.87. The Balaban J connectivity index is 2.63. The van der Waals surface area contributed by atoms with E-state index in [-0.39, 0.29) is 0 Å². The second kappa shape index (κ2) is 10.6. The summed E-state index contributed by atoms with van der Waals surface area (Å²) in [6.07, 6.45) is 10.8. The molecule has 120 valence electrons. The lowest BCUT2D eigenvalue weighted by molar-refractivity contribution is 0.107. The standard InChI is InChI=1S/C17H36N2O/c1-3-5-12-19(13-14-20)16-17(15-18-4-2)10-8-6-7-9-11-17/h18,20H,3-16H2,1-2H3. The molecule has 0 atom stereocenters.